The van der Waals surface area contributed by atoms with Gasteiger partial charge in [-0.15, -0.1) is 0 Å². The van der Waals surface area contributed by atoms with Crippen LogP contribution in [-0.4, -0.2) is 17.3 Å². The standard InChI is InChI=1S/C13H17BrFNO/c14-10-5-6-11(15)9(7-10)8-16-12-3-1-2-4-13(12)17/h5-7,12-13,16-17H,1-4,8H2. The lowest BCUT2D eigenvalue weighted by Gasteiger charge is -2.28. The summed E-state index contributed by atoms with van der Waals surface area (Å²) in [6.45, 7) is 0.465. The van der Waals surface area contributed by atoms with Crippen LogP contribution in [0.25, 0.3) is 0 Å². The van der Waals surface area contributed by atoms with Crippen molar-refractivity contribution in [3.05, 3.63) is 34.1 Å². The second-order valence-electron chi connectivity index (χ2n) is 4.57. The summed E-state index contributed by atoms with van der Waals surface area (Å²) in [5.41, 5.74) is 0.636. The van der Waals surface area contributed by atoms with Gasteiger partial charge in [-0.05, 0) is 31.0 Å². The van der Waals surface area contributed by atoms with Crippen LogP contribution in [-0.2, 0) is 6.54 Å². The Balaban J connectivity index is 1.94. The van der Waals surface area contributed by atoms with E-state index in [0.717, 1.165) is 30.2 Å². The van der Waals surface area contributed by atoms with Crippen molar-refractivity contribution in [2.75, 3.05) is 0 Å². The lowest BCUT2D eigenvalue weighted by atomic mass is 9.92. The van der Waals surface area contributed by atoms with Crippen LogP contribution in [0, 0.1) is 5.82 Å². The summed E-state index contributed by atoms with van der Waals surface area (Å²) >= 11 is 3.33. The normalized spacial score (nSPS) is 24.9. The van der Waals surface area contributed by atoms with Gasteiger partial charge in [0.25, 0.3) is 0 Å². The van der Waals surface area contributed by atoms with Crippen LogP contribution in [0.2, 0.25) is 0 Å². The molecule has 0 radical (unpaired) electrons. The van der Waals surface area contributed by atoms with E-state index < -0.39 is 0 Å². The molecule has 1 saturated carbocycles. The molecule has 4 heteroatoms. The fourth-order valence-electron chi connectivity index (χ4n) is 2.27. The zero-order chi connectivity index (χ0) is 12.3. The molecule has 0 aliphatic heterocycles. The summed E-state index contributed by atoms with van der Waals surface area (Å²) in [4.78, 5) is 0. The third-order valence-corrected chi connectivity index (χ3v) is 3.79. The lowest BCUT2D eigenvalue weighted by molar-refractivity contribution is 0.0901. The van der Waals surface area contributed by atoms with Gasteiger partial charge in [-0.1, -0.05) is 28.8 Å². The van der Waals surface area contributed by atoms with E-state index in [9.17, 15) is 9.50 Å². The van der Waals surface area contributed by atoms with Crippen molar-refractivity contribution in [2.45, 2.75) is 44.4 Å². The number of hydrogen-bond donors (Lipinski definition) is 2. The highest BCUT2D eigenvalue weighted by atomic mass is 79.9. The van der Waals surface area contributed by atoms with Crippen LogP contribution in [0.3, 0.4) is 0 Å². The van der Waals surface area contributed by atoms with Crippen molar-refractivity contribution >= 4 is 15.9 Å². The van der Waals surface area contributed by atoms with Crippen LogP contribution >= 0.6 is 15.9 Å². The maximum absolute atomic E-state index is 13.5. The van der Waals surface area contributed by atoms with Crippen LogP contribution < -0.4 is 5.32 Å². The fourth-order valence-corrected chi connectivity index (χ4v) is 2.68. The molecule has 0 spiro atoms. The molecular formula is C13H17BrFNO. The number of halogens is 2. The minimum absolute atomic E-state index is 0.0992. The minimum Gasteiger partial charge on any atom is -0.392 e. The van der Waals surface area contributed by atoms with Gasteiger partial charge in [-0.3, -0.25) is 0 Å². The molecule has 2 nitrogen and oxygen atoms in total. The van der Waals surface area contributed by atoms with Crippen LogP contribution in [0.5, 0.6) is 0 Å². The van der Waals surface area contributed by atoms with Crippen molar-refractivity contribution in [2.24, 2.45) is 0 Å². The smallest absolute Gasteiger partial charge is 0.127 e. The molecule has 2 rings (SSSR count). The van der Waals surface area contributed by atoms with E-state index in [1.165, 1.54) is 6.07 Å². The van der Waals surface area contributed by atoms with Gasteiger partial charge < -0.3 is 10.4 Å². The van der Waals surface area contributed by atoms with E-state index in [1.807, 2.05) is 0 Å². The average Bonchev–Trinajstić information content (AvgIpc) is 2.32. The molecule has 17 heavy (non-hydrogen) atoms. The molecule has 0 saturated heterocycles. The Morgan fingerprint density at radius 1 is 1.35 bits per heavy atom. The Hall–Kier alpha value is -0.450. The molecule has 2 unspecified atom stereocenters. The van der Waals surface area contributed by atoms with E-state index in [0.29, 0.717) is 12.1 Å². The Kier molecular flexibility index (Phi) is 4.54. The molecule has 1 aliphatic rings. The summed E-state index contributed by atoms with van der Waals surface area (Å²) in [7, 11) is 0. The SMILES string of the molecule is OC1CCCCC1NCc1cc(Br)ccc1F. The number of hydrogen-bond acceptors (Lipinski definition) is 2. The van der Waals surface area contributed by atoms with Gasteiger partial charge >= 0.3 is 0 Å². The summed E-state index contributed by atoms with van der Waals surface area (Å²) in [6, 6.07) is 5.02. The van der Waals surface area contributed by atoms with Crippen LogP contribution in [0.4, 0.5) is 4.39 Å². The topological polar surface area (TPSA) is 32.3 Å². The molecule has 0 aromatic heterocycles. The molecule has 1 aromatic carbocycles. The first kappa shape index (κ1) is 13.0. The van der Waals surface area contributed by atoms with Gasteiger partial charge in [0.1, 0.15) is 5.82 Å². The van der Waals surface area contributed by atoms with E-state index in [-0.39, 0.29) is 18.0 Å². The molecule has 0 amide bonds. The van der Waals surface area contributed by atoms with Crippen molar-refractivity contribution < 1.29 is 9.50 Å². The highest BCUT2D eigenvalue weighted by Crippen LogP contribution is 2.20. The summed E-state index contributed by atoms with van der Waals surface area (Å²) < 4.78 is 14.4. The largest absolute Gasteiger partial charge is 0.392 e. The maximum Gasteiger partial charge on any atom is 0.127 e. The predicted molar refractivity (Wildman–Crippen MR) is 69.2 cm³/mol. The molecule has 94 valence electrons. The second kappa shape index (κ2) is 5.94. The number of benzene rings is 1. The van der Waals surface area contributed by atoms with Crippen molar-refractivity contribution in [1.29, 1.82) is 0 Å². The van der Waals surface area contributed by atoms with E-state index >= 15 is 0 Å². The summed E-state index contributed by atoms with van der Waals surface area (Å²) in [6.07, 6.45) is 3.74. The molecule has 1 aromatic rings. The van der Waals surface area contributed by atoms with Crippen molar-refractivity contribution in [1.82, 2.24) is 5.32 Å². The van der Waals surface area contributed by atoms with Gasteiger partial charge in [0.15, 0.2) is 0 Å². The Bertz CT molecular complexity index is 386. The number of nitrogens with one attached hydrogen (secondary N) is 1. The molecule has 1 aliphatic carbocycles. The number of aliphatic hydroxyl groups is 1. The number of aliphatic hydroxyl groups excluding tert-OH is 1. The minimum atomic E-state index is -0.293. The van der Waals surface area contributed by atoms with E-state index in [1.54, 1.807) is 12.1 Å². The molecular weight excluding hydrogens is 285 g/mol. The first-order chi connectivity index (χ1) is 8.16. The van der Waals surface area contributed by atoms with Gasteiger partial charge in [0.2, 0.25) is 0 Å². The molecule has 0 heterocycles. The van der Waals surface area contributed by atoms with E-state index in [2.05, 4.69) is 21.2 Å². The van der Waals surface area contributed by atoms with E-state index in [4.69, 9.17) is 0 Å². The Labute approximate surface area is 109 Å². The highest BCUT2D eigenvalue weighted by molar-refractivity contribution is 9.10. The zero-order valence-corrected chi connectivity index (χ0v) is 11.2. The molecule has 1 fully saturated rings. The van der Waals surface area contributed by atoms with Crippen LogP contribution in [0.15, 0.2) is 22.7 Å². The average molecular weight is 302 g/mol. The van der Waals surface area contributed by atoms with Crippen molar-refractivity contribution in [3.8, 4) is 0 Å². The van der Waals surface area contributed by atoms with Gasteiger partial charge in [-0.2, -0.15) is 0 Å². The van der Waals surface area contributed by atoms with Gasteiger partial charge in [0.05, 0.1) is 6.10 Å². The third-order valence-electron chi connectivity index (χ3n) is 3.29. The molecule has 2 N–H and O–H groups in total. The van der Waals surface area contributed by atoms with Gasteiger partial charge in [0, 0.05) is 22.6 Å². The van der Waals surface area contributed by atoms with Crippen LogP contribution in [0.1, 0.15) is 31.2 Å². The number of rotatable bonds is 3. The van der Waals surface area contributed by atoms with Crippen molar-refractivity contribution in [3.63, 3.8) is 0 Å². The predicted octanol–water partition coefficient (Wildman–Crippen LogP) is 2.98. The first-order valence-electron chi connectivity index (χ1n) is 6.02. The second-order valence-corrected chi connectivity index (χ2v) is 5.49. The lowest BCUT2D eigenvalue weighted by Crippen LogP contribution is -2.41. The molecule has 0 bridgehead atoms. The highest BCUT2D eigenvalue weighted by Gasteiger charge is 2.22. The fraction of sp³-hybridized carbons (Fsp3) is 0.538. The summed E-state index contributed by atoms with van der Waals surface area (Å²) in [5, 5.41) is 13.1. The Morgan fingerprint density at radius 3 is 2.88 bits per heavy atom. The monoisotopic (exact) mass is 301 g/mol. The molecule has 2 atom stereocenters. The first-order valence-corrected chi connectivity index (χ1v) is 6.81. The third kappa shape index (κ3) is 3.50. The Morgan fingerprint density at radius 2 is 2.12 bits per heavy atom. The maximum atomic E-state index is 13.5. The van der Waals surface area contributed by atoms with Gasteiger partial charge in [-0.25, -0.2) is 4.39 Å². The zero-order valence-electron chi connectivity index (χ0n) is 9.63. The summed E-state index contributed by atoms with van der Waals surface area (Å²) in [5.74, 6) is -0.203. The quantitative estimate of drug-likeness (QED) is 0.899.